The highest BCUT2D eigenvalue weighted by Crippen LogP contribution is 2.38. The third-order valence-corrected chi connectivity index (χ3v) is 5.08. The van der Waals surface area contributed by atoms with Crippen LogP contribution >= 0.6 is 0 Å². The highest BCUT2D eigenvalue weighted by molar-refractivity contribution is 5.35. The zero-order valence-electron chi connectivity index (χ0n) is 15.7. The minimum absolute atomic E-state index is 0.0259. The molecule has 0 saturated carbocycles. The van der Waals surface area contributed by atoms with Crippen LogP contribution in [-0.2, 0) is 40.5 Å². The Bertz CT molecular complexity index is 827. The molecule has 3 rings (SSSR count). The lowest BCUT2D eigenvalue weighted by atomic mass is 9.85. The molecule has 0 amide bonds. The van der Waals surface area contributed by atoms with E-state index in [1.54, 1.807) is 0 Å². The zero-order chi connectivity index (χ0) is 21.3. The van der Waals surface area contributed by atoms with E-state index >= 15 is 0 Å². The van der Waals surface area contributed by atoms with Crippen LogP contribution in [0.2, 0.25) is 0 Å². The first-order chi connectivity index (χ1) is 13.5. The molecule has 158 valence electrons. The average molecular weight is 418 g/mol. The van der Waals surface area contributed by atoms with E-state index < -0.39 is 29.1 Å². The van der Waals surface area contributed by atoms with Crippen molar-refractivity contribution in [3.63, 3.8) is 0 Å². The van der Waals surface area contributed by atoms with Crippen molar-refractivity contribution in [1.82, 2.24) is 0 Å². The topological polar surface area (TPSA) is 18.5 Å². The summed E-state index contributed by atoms with van der Waals surface area (Å²) in [4.78, 5) is 0. The smallest absolute Gasteiger partial charge is 0.373 e. The van der Waals surface area contributed by atoms with Gasteiger partial charge in [-0.15, -0.1) is 0 Å². The number of hydrogen-bond donors (Lipinski definition) is 0. The summed E-state index contributed by atoms with van der Waals surface area (Å²) in [6.45, 7) is 2.01. The third-order valence-electron chi connectivity index (χ3n) is 5.08. The van der Waals surface area contributed by atoms with Crippen molar-refractivity contribution in [3.8, 4) is 0 Å². The van der Waals surface area contributed by atoms with Gasteiger partial charge >= 0.3 is 12.4 Å². The fraction of sp³-hybridized carbons (Fsp3) is 0.429. The first kappa shape index (κ1) is 21.6. The number of halogens is 6. The molecular weight excluding hydrogens is 398 g/mol. The molecule has 0 spiro atoms. The van der Waals surface area contributed by atoms with Gasteiger partial charge in [-0.3, -0.25) is 0 Å². The molecule has 0 bridgehead atoms. The Hall–Kier alpha value is -2.06. The van der Waals surface area contributed by atoms with Gasteiger partial charge in [0, 0.05) is 0 Å². The quantitative estimate of drug-likeness (QED) is 0.545. The fourth-order valence-electron chi connectivity index (χ4n) is 3.57. The molecule has 29 heavy (non-hydrogen) atoms. The molecule has 0 aliphatic carbocycles. The van der Waals surface area contributed by atoms with Gasteiger partial charge in [-0.1, -0.05) is 31.2 Å². The number of alkyl halides is 6. The van der Waals surface area contributed by atoms with Crippen LogP contribution in [0.1, 0.15) is 41.2 Å². The van der Waals surface area contributed by atoms with Gasteiger partial charge in [0.15, 0.2) is 0 Å². The van der Waals surface area contributed by atoms with Crippen LogP contribution in [0.15, 0.2) is 42.5 Å². The third kappa shape index (κ3) is 4.75. The van der Waals surface area contributed by atoms with Crippen LogP contribution in [0, 0.1) is 0 Å². The van der Waals surface area contributed by atoms with Crippen LogP contribution in [0.4, 0.5) is 26.3 Å². The van der Waals surface area contributed by atoms with Crippen molar-refractivity contribution in [3.05, 3.63) is 70.3 Å². The van der Waals surface area contributed by atoms with Gasteiger partial charge in [0.2, 0.25) is 0 Å². The van der Waals surface area contributed by atoms with Gasteiger partial charge in [-0.25, -0.2) is 0 Å². The van der Waals surface area contributed by atoms with Gasteiger partial charge in [0.25, 0.3) is 0 Å². The molecule has 0 radical (unpaired) electrons. The van der Waals surface area contributed by atoms with Crippen LogP contribution in [0.5, 0.6) is 0 Å². The Labute approximate surface area is 164 Å². The lowest BCUT2D eigenvalue weighted by Crippen LogP contribution is -2.39. The highest BCUT2D eigenvalue weighted by Gasteiger charge is 2.38. The summed E-state index contributed by atoms with van der Waals surface area (Å²) in [6, 6.07) is 9.13. The Kier molecular flexibility index (Phi) is 5.96. The van der Waals surface area contributed by atoms with Crippen molar-refractivity contribution in [2.75, 3.05) is 13.2 Å². The van der Waals surface area contributed by atoms with E-state index in [9.17, 15) is 26.3 Å². The van der Waals surface area contributed by atoms with Gasteiger partial charge in [0.05, 0.1) is 30.9 Å². The van der Waals surface area contributed by atoms with Gasteiger partial charge < -0.3 is 9.47 Å². The van der Waals surface area contributed by atoms with E-state index in [-0.39, 0.29) is 24.8 Å². The number of fused-ring (bicyclic) bond motifs is 1. The van der Waals surface area contributed by atoms with Gasteiger partial charge in [0.1, 0.15) is 5.60 Å². The van der Waals surface area contributed by atoms with E-state index in [0.717, 1.165) is 17.5 Å². The van der Waals surface area contributed by atoms with Crippen LogP contribution in [-0.4, -0.2) is 13.2 Å². The maximum absolute atomic E-state index is 13.0. The summed E-state index contributed by atoms with van der Waals surface area (Å²) in [5, 5.41) is 0. The molecule has 2 aromatic carbocycles. The lowest BCUT2D eigenvalue weighted by Gasteiger charge is -2.38. The molecule has 0 N–H and O–H groups in total. The molecule has 1 atom stereocenters. The molecule has 0 aromatic heterocycles. The SMILES string of the molecule is CCC1(COCc2cc(C(F)(F)F)cc(C(F)(F)F)c2)OCCc2ccccc21. The number of hydrogen-bond acceptors (Lipinski definition) is 2. The molecule has 0 saturated heterocycles. The first-order valence-corrected chi connectivity index (χ1v) is 9.13. The number of benzene rings is 2. The summed E-state index contributed by atoms with van der Waals surface area (Å²) in [5.41, 5.74) is -1.63. The normalized spacial score (nSPS) is 19.8. The molecule has 0 fully saturated rings. The molecule has 1 aliphatic heterocycles. The molecule has 2 aromatic rings. The average Bonchev–Trinajstić information content (AvgIpc) is 2.66. The van der Waals surface area contributed by atoms with Crippen molar-refractivity contribution in [2.45, 2.75) is 44.3 Å². The van der Waals surface area contributed by atoms with E-state index in [4.69, 9.17) is 9.47 Å². The maximum atomic E-state index is 13.0. The summed E-state index contributed by atoms with van der Waals surface area (Å²) in [6.07, 6.45) is -8.47. The lowest BCUT2D eigenvalue weighted by molar-refractivity contribution is -0.143. The summed E-state index contributed by atoms with van der Waals surface area (Å²) >= 11 is 0. The van der Waals surface area contributed by atoms with E-state index in [2.05, 4.69) is 0 Å². The summed E-state index contributed by atoms with van der Waals surface area (Å²) in [5.74, 6) is 0. The molecule has 8 heteroatoms. The fourth-order valence-corrected chi connectivity index (χ4v) is 3.57. The van der Waals surface area contributed by atoms with Crippen molar-refractivity contribution in [2.24, 2.45) is 0 Å². The Morgan fingerprint density at radius 3 is 2.17 bits per heavy atom. The van der Waals surface area contributed by atoms with Crippen LogP contribution in [0.3, 0.4) is 0 Å². The first-order valence-electron chi connectivity index (χ1n) is 9.13. The monoisotopic (exact) mass is 418 g/mol. The second-order valence-electron chi connectivity index (χ2n) is 7.01. The Balaban J connectivity index is 1.81. The second kappa shape index (κ2) is 7.99. The second-order valence-corrected chi connectivity index (χ2v) is 7.01. The molecule has 1 unspecified atom stereocenters. The van der Waals surface area contributed by atoms with Gasteiger partial charge in [-0.2, -0.15) is 26.3 Å². The van der Waals surface area contributed by atoms with Crippen molar-refractivity contribution in [1.29, 1.82) is 0 Å². The molecule has 2 nitrogen and oxygen atoms in total. The Morgan fingerprint density at radius 1 is 0.966 bits per heavy atom. The largest absolute Gasteiger partial charge is 0.416 e. The van der Waals surface area contributed by atoms with E-state index in [0.29, 0.717) is 25.2 Å². The van der Waals surface area contributed by atoms with Gasteiger partial charge in [-0.05, 0) is 47.7 Å². The number of rotatable bonds is 5. The summed E-state index contributed by atoms with van der Waals surface area (Å²) < 4.78 is 89.5. The predicted octanol–water partition coefficient (Wildman–Crippen LogP) is 6.12. The van der Waals surface area contributed by atoms with E-state index in [1.165, 1.54) is 0 Å². The van der Waals surface area contributed by atoms with E-state index in [1.807, 2.05) is 31.2 Å². The van der Waals surface area contributed by atoms with Crippen LogP contribution < -0.4 is 0 Å². The maximum Gasteiger partial charge on any atom is 0.416 e. The zero-order valence-corrected chi connectivity index (χ0v) is 15.7. The minimum Gasteiger partial charge on any atom is -0.373 e. The molecule has 1 heterocycles. The van der Waals surface area contributed by atoms with Crippen molar-refractivity contribution >= 4 is 0 Å². The highest BCUT2D eigenvalue weighted by atomic mass is 19.4. The standard InChI is InChI=1S/C21H20F6O2/c1-2-19(18-6-4-3-5-15(18)7-8-29-19)13-28-12-14-9-16(20(22,23)24)11-17(10-14)21(25,26)27/h3-6,9-11H,2,7-8,12-13H2,1H3. The molecular formula is C21H20F6O2. The predicted molar refractivity (Wildman–Crippen MR) is 94.2 cm³/mol. The Morgan fingerprint density at radius 2 is 1.59 bits per heavy atom. The molecule has 1 aliphatic rings. The van der Waals surface area contributed by atoms with Crippen LogP contribution in [0.25, 0.3) is 0 Å². The van der Waals surface area contributed by atoms with Crippen molar-refractivity contribution < 1.29 is 35.8 Å². The summed E-state index contributed by atoms with van der Waals surface area (Å²) in [7, 11) is 0. The minimum atomic E-state index is -4.88. The number of ether oxygens (including phenoxy) is 2.